The lowest BCUT2D eigenvalue weighted by atomic mass is 9.99. The molecule has 0 atom stereocenters. The molecule has 0 aliphatic carbocycles. The van der Waals surface area contributed by atoms with Crippen molar-refractivity contribution in [3.05, 3.63) is 0 Å². The molecule has 0 aliphatic rings. The standard InChI is InChI=1S/C11H25NO/c1-5-8-11(3,4)12-9-7-10-13-6-2/h12H,5-10H2,1-4H3. The van der Waals surface area contributed by atoms with Crippen LogP contribution in [0.2, 0.25) is 0 Å². The number of hydrogen-bond donors (Lipinski definition) is 1. The SMILES string of the molecule is CCCC(C)(C)NCCCOCC. The van der Waals surface area contributed by atoms with Crippen LogP contribution in [0.1, 0.15) is 47.0 Å². The normalized spacial score (nSPS) is 12.0. The molecule has 80 valence electrons. The summed E-state index contributed by atoms with van der Waals surface area (Å²) in [5.74, 6) is 0. The van der Waals surface area contributed by atoms with E-state index in [0.29, 0.717) is 5.54 Å². The summed E-state index contributed by atoms with van der Waals surface area (Å²) in [5, 5.41) is 3.54. The highest BCUT2D eigenvalue weighted by Crippen LogP contribution is 2.09. The minimum atomic E-state index is 0.293. The first-order valence-electron chi connectivity index (χ1n) is 5.45. The maximum atomic E-state index is 5.27. The van der Waals surface area contributed by atoms with Crippen LogP contribution in [0.25, 0.3) is 0 Å². The Morgan fingerprint density at radius 2 is 1.92 bits per heavy atom. The van der Waals surface area contributed by atoms with Gasteiger partial charge in [-0.3, -0.25) is 0 Å². The van der Waals surface area contributed by atoms with Crippen molar-refractivity contribution >= 4 is 0 Å². The highest BCUT2D eigenvalue weighted by atomic mass is 16.5. The molecule has 0 bridgehead atoms. The van der Waals surface area contributed by atoms with Crippen LogP contribution in [0.4, 0.5) is 0 Å². The number of hydrogen-bond acceptors (Lipinski definition) is 2. The van der Waals surface area contributed by atoms with Gasteiger partial charge in [0.05, 0.1) is 0 Å². The van der Waals surface area contributed by atoms with Gasteiger partial charge in [-0.2, -0.15) is 0 Å². The summed E-state index contributed by atoms with van der Waals surface area (Å²) in [7, 11) is 0. The van der Waals surface area contributed by atoms with Crippen molar-refractivity contribution in [1.82, 2.24) is 5.32 Å². The van der Waals surface area contributed by atoms with Gasteiger partial charge in [-0.05, 0) is 40.2 Å². The van der Waals surface area contributed by atoms with Gasteiger partial charge in [0.15, 0.2) is 0 Å². The summed E-state index contributed by atoms with van der Waals surface area (Å²) in [6.07, 6.45) is 3.59. The molecule has 0 heterocycles. The van der Waals surface area contributed by atoms with Gasteiger partial charge >= 0.3 is 0 Å². The molecule has 0 unspecified atom stereocenters. The molecular formula is C11H25NO. The van der Waals surface area contributed by atoms with Crippen molar-refractivity contribution in [1.29, 1.82) is 0 Å². The maximum absolute atomic E-state index is 5.27. The van der Waals surface area contributed by atoms with Crippen LogP contribution < -0.4 is 5.32 Å². The molecule has 0 saturated carbocycles. The maximum Gasteiger partial charge on any atom is 0.0477 e. The van der Waals surface area contributed by atoms with E-state index in [1.54, 1.807) is 0 Å². The fourth-order valence-corrected chi connectivity index (χ4v) is 1.46. The van der Waals surface area contributed by atoms with Crippen molar-refractivity contribution in [3.63, 3.8) is 0 Å². The fourth-order valence-electron chi connectivity index (χ4n) is 1.46. The van der Waals surface area contributed by atoms with Crippen LogP contribution in [0.15, 0.2) is 0 Å². The Morgan fingerprint density at radius 1 is 1.23 bits per heavy atom. The molecule has 0 aromatic rings. The number of nitrogens with one attached hydrogen (secondary N) is 1. The predicted molar refractivity (Wildman–Crippen MR) is 58.1 cm³/mol. The van der Waals surface area contributed by atoms with Crippen LogP contribution in [-0.2, 0) is 4.74 Å². The van der Waals surface area contributed by atoms with Crippen LogP contribution in [0, 0.1) is 0 Å². The summed E-state index contributed by atoms with van der Waals surface area (Å²) in [4.78, 5) is 0. The molecule has 0 aromatic carbocycles. The molecule has 0 aromatic heterocycles. The van der Waals surface area contributed by atoms with Gasteiger partial charge in [-0.1, -0.05) is 13.3 Å². The van der Waals surface area contributed by atoms with Crippen LogP contribution in [-0.4, -0.2) is 25.3 Å². The Labute approximate surface area is 83.1 Å². The van der Waals surface area contributed by atoms with Gasteiger partial charge in [0, 0.05) is 18.8 Å². The summed E-state index contributed by atoms with van der Waals surface area (Å²) >= 11 is 0. The van der Waals surface area contributed by atoms with Gasteiger partial charge in [-0.15, -0.1) is 0 Å². The monoisotopic (exact) mass is 187 g/mol. The minimum absolute atomic E-state index is 0.293. The van der Waals surface area contributed by atoms with Crippen molar-refractivity contribution in [3.8, 4) is 0 Å². The van der Waals surface area contributed by atoms with Crippen LogP contribution in [0.5, 0.6) is 0 Å². The van der Waals surface area contributed by atoms with E-state index in [1.165, 1.54) is 12.8 Å². The lowest BCUT2D eigenvalue weighted by Gasteiger charge is -2.25. The van der Waals surface area contributed by atoms with Crippen LogP contribution in [0.3, 0.4) is 0 Å². The lowest BCUT2D eigenvalue weighted by molar-refractivity contribution is 0.142. The first-order chi connectivity index (χ1) is 6.12. The molecule has 0 spiro atoms. The Balaban J connectivity index is 3.29. The van der Waals surface area contributed by atoms with Crippen molar-refractivity contribution in [2.45, 2.75) is 52.5 Å². The second kappa shape index (κ2) is 7.34. The third-order valence-electron chi connectivity index (χ3n) is 2.15. The minimum Gasteiger partial charge on any atom is -0.382 e. The largest absolute Gasteiger partial charge is 0.382 e. The summed E-state index contributed by atoms with van der Waals surface area (Å²) in [6.45, 7) is 11.6. The van der Waals surface area contributed by atoms with Crippen LogP contribution >= 0.6 is 0 Å². The van der Waals surface area contributed by atoms with Gasteiger partial charge in [0.1, 0.15) is 0 Å². The molecular weight excluding hydrogens is 162 g/mol. The molecule has 0 fully saturated rings. The zero-order chi connectivity index (χ0) is 10.2. The first-order valence-corrected chi connectivity index (χ1v) is 5.45. The third kappa shape index (κ3) is 8.26. The molecule has 2 nitrogen and oxygen atoms in total. The molecule has 0 saturated heterocycles. The third-order valence-corrected chi connectivity index (χ3v) is 2.15. The number of ether oxygens (including phenoxy) is 1. The molecule has 1 N–H and O–H groups in total. The zero-order valence-corrected chi connectivity index (χ0v) is 9.65. The Kier molecular flexibility index (Phi) is 7.29. The quantitative estimate of drug-likeness (QED) is 0.590. The van der Waals surface area contributed by atoms with E-state index >= 15 is 0 Å². The molecule has 0 radical (unpaired) electrons. The predicted octanol–water partition coefficient (Wildman–Crippen LogP) is 2.58. The summed E-state index contributed by atoms with van der Waals surface area (Å²) in [5.41, 5.74) is 0.293. The van der Waals surface area contributed by atoms with E-state index < -0.39 is 0 Å². The summed E-state index contributed by atoms with van der Waals surface area (Å²) < 4.78 is 5.27. The van der Waals surface area contributed by atoms with E-state index in [2.05, 4.69) is 26.1 Å². The van der Waals surface area contributed by atoms with E-state index in [9.17, 15) is 0 Å². The molecule has 2 heteroatoms. The van der Waals surface area contributed by atoms with E-state index in [-0.39, 0.29) is 0 Å². The Morgan fingerprint density at radius 3 is 2.46 bits per heavy atom. The van der Waals surface area contributed by atoms with E-state index in [0.717, 1.165) is 26.2 Å². The van der Waals surface area contributed by atoms with E-state index in [1.807, 2.05) is 6.92 Å². The fraction of sp³-hybridized carbons (Fsp3) is 1.00. The van der Waals surface area contributed by atoms with Crippen molar-refractivity contribution in [2.24, 2.45) is 0 Å². The van der Waals surface area contributed by atoms with Gasteiger partial charge in [0.25, 0.3) is 0 Å². The molecule has 13 heavy (non-hydrogen) atoms. The van der Waals surface area contributed by atoms with Crippen molar-refractivity contribution in [2.75, 3.05) is 19.8 Å². The molecule has 0 amide bonds. The van der Waals surface area contributed by atoms with Crippen molar-refractivity contribution < 1.29 is 4.74 Å². The number of rotatable bonds is 8. The molecule has 0 aliphatic heterocycles. The lowest BCUT2D eigenvalue weighted by Crippen LogP contribution is -2.39. The summed E-state index contributed by atoms with van der Waals surface area (Å²) in [6, 6.07) is 0. The highest BCUT2D eigenvalue weighted by molar-refractivity contribution is 4.75. The van der Waals surface area contributed by atoms with E-state index in [4.69, 9.17) is 4.74 Å². The van der Waals surface area contributed by atoms with Gasteiger partial charge in [-0.25, -0.2) is 0 Å². The topological polar surface area (TPSA) is 21.3 Å². The first kappa shape index (κ1) is 12.9. The zero-order valence-electron chi connectivity index (χ0n) is 9.65. The highest BCUT2D eigenvalue weighted by Gasteiger charge is 2.13. The second-order valence-corrected chi connectivity index (χ2v) is 4.11. The average Bonchev–Trinajstić information content (AvgIpc) is 2.04. The average molecular weight is 187 g/mol. The smallest absolute Gasteiger partial charge is 0.0477 e. The molecule has 0 rings (SSSR count). The van der Waals surface area contributed by atoms with Gasteiger partial charge in [0.2, 0.25) is 0 Å². The van der Waals surface area contributed by atoms with Gasteiger partial charge < -0.3 is 10.1 Å². The Hall–Kier alpha value is -0.0800. The Bertz CT molecular complexity index is 113. The second-order valence-electron chi connectivity index (χ2n) is 4.11.